The Kier molecular flexibility index (Phi) is 3.79. The third-order valence-electron chi connectivity index (χ3n) is 2.72. The van der Waals surface area contributed by atoms with Gasteiger partial charge in [-0.05, 0) is 28.1 Å². The van der Waals surface area contributed by atoms with Crippen LogP contribution in [-0.4, -0.2) is 24.9 Å². The van der Waals surface area contributed by atoms with Crippen molar-refractivity contribution in [2.45, 2.75) is 0 Å². The van der Waals surface area contributed by atoms with Crippen molar-refractivity contribution in [3.63, 3.8) is 0 Å². The van der Waals surface area contributed by atoms with Crippen LogP contribution in [0.1, 0.15) is 0 Å². The SMILES string of the molecule is O=[N+]([O-])c1cnc(Oc2cccc(-n3ccnn3)c2)c(Br)c1. The fourth-order valence-electron chi connectivity index (χ4n) is 1.74. The van der Waals surface area contributed by atoms with Gasteiger partial charge < -0.3 is 4.74 Å². The maximum atomic E-state index is 10.7. The summed E-state index contributed by atoms with van der Waals surface area (Å²) < 4.78 is 7.63. The molecule has 8 nitrogen and oxygen atoms in total. The van der Waals surface area contributed by atoms with Crippen molar-refractivity contribution in [2.75, 3.05) is 0 Å². The van der Waals surface area contributed by atoms with E-state index in [9.17, 15) is 10.1 Å². The number of nitro groups is 1. The van der Waals surface area contributed by atoms with Gasteiger partial charge in [-0.1, -0.05) is 11.3 Å². The Morgan fingerprint density at radius 3 is 2.86 bits per heavy atom. The molecule has 0 bridgehead atoms. The zero-order valence-corrected chi connectivity index (χ0v) is 12.5. The predicted octanol–water partition coefficient (Wildman–Crippen LogP) is 3.13. The first-order valence-corrected chi connectivity index (χ1v) is 6.87. The molecule has 0 spiro atoms. The smallest absolute Gasteiger partial charge is 0.288 e. The minimum absolute atomic E-state index is 0.115. The topological polar surface area (TPSA) is 96.0 Å². The summed E-state index contributed by atoms with van der Waals surface area (Å²) in [5.74, 6) is 0.761. The fourth-order valence-corrected chi connectivity index (χ4v) is 2.16. The molecule has 0 amide bonds. The van der Waals surface area contributed by atoms with Gasteiger partial charge in [0.05, 0.1) is 27.5 Å². The molecule has 9 heteroatoms. The van der Waals surface area contributed by atoms with Gasteiger partial charge in [-0.25, -0.2) is 9.67 Å². The number of hydrogen-bond acceptors (Lipinski definition) is 6. The van der Waals surface area contributed by atoms with E-state index in [1.807, 2.05) is 6.07 Å². The van der Waals surface area contributed by atoms with Crippen LogP contribution in [0, 0.1) is 10.1 Å². The zero-order chi connectivity index (χ0) is 15.5. The normalized spacial score (nSPS) is 10.4. The number of ether oxygens (including phenoxy) is 1. The van der Waals surface area contributed by atoms with Gasteiger partial charge in [-0.15, -0.1) is 5.10 Å². The lowest BCUT2D eigenvalue weighted by molar-refractivity contribution is -0.385. The molecule has 0 saturated carbocycles. The highest BCUT2D eigenvalue weighted by atomic mass is 79.9. The van der Waals surface area contributed by atoms with Gasteiger partial charge in [-0.2, -0.15) is 0 Å². The van der Waals surface area contributed by atoms with Crippen molar-refractivity contribution in [3.8, 4) is 17.3 Å². The number of pyridine rings is 1. The summed E-state index contributed by atoms with van der Waals surface area (Å²) in [6, 6.07) is 8.48. The van der Waals surface area contributed by atoms with Gasteiger partial charge in [-0.3, -0.25) is 10.1 Å². The number of aromatic nitrogens is 4. The van der Waals surface area contributed by atoms with Gasteiger partial charge in [0.2, 0.25) is 5.88 Å². The van der Waals surface area contributed by atoms with E-state index in [1.165, 1.54) is 6.07 Å². The van der Waals surface area contributed by atoms with E-state index in [4.69, 9.17) is 4.74 Å². The molecule has 0 aliphatic heterocycles. The van der Waals surface area contributed by atoms with Crippen molar-refractivity contribution >= 4 is 21.6 Å². The summed E-state index contributed by atoms with van der Waals surface area (Å²) in [6.07, 6.45) is 4.42. The molecule has 110 valence electrons. The highest BCUT2D eigenvalue weighted by molar-refractivity contribution is 9.10. The minimum Gasteiger partial charge on any atom is -0.438 e. The molecular formula is C13H8BrN5O3. The first-order valence-electron chi connectivity index (χ1n) is 6.08. The lowest BCUT2D eigenvalue weighted by Gasteiger charge is -2.08. The number of benzene rings is 1. The van der Waals surface area contributed by atoms with E-state index in [-0.39, 0.29) is 11.6 Å². The molecule has 3 aromatic rings. The lowest BCUT2D eigenvalue weighted by atomic mass is 10.3. The second kappa shape index (κ2) is 5.90. The van der Waals surface area contributed by atoms with Crippen LogP contribution in [0.25, 0.3) is 5.69 Å². The summed E-state index contributed by atoms with van der Waals surface area (Å²) in [5, 5.41) is 18.3. The van der Waals surface area contributed by atoms with Crippen LogP contribution in [0.15, 0.2) is 53.4 Å². The van der Waals surface area contributed by atoms with Crippen molar-refractivity contribution in [2.24, 2.45) is 0 Å². The van der Waals surface area contributed by atoms with Gasteiger partial charge in [0.25, 0.3) is 5.69 Å². The van der Waals surface area contributed by atoms with E-state index < -0.39 is 4.92 Å². The summed E-state index contributed by atoms with van der Waals surface area (Å²) >= 11 is 3.21. The monoisotopic (exact) mass is 361 g/mol. The molecule has 0 N–H and O–H groups in total. The minimum atomic E-state index is -0.521. The van der Waals surface area contributed by atoms with Gasteiger partial charge in [0, 0.05) is 12.1 Å². The Morgan fingerprint density at radius 2 is 2.18 bits per heavy atom. The Bertz CT molecular complexity index is 822. The quantitative estimate of drug-likeness (QED) is 0.523. The van der Waals surface area contributed by atoms with Gasteiger partial charge >= 0.3 is 0 Å². The summed E-state index contributed by atoms with van der Waals surface area (Å²) in [5.41, 5.74) is 0.656. The van der Waals surface area contributed by atoms with Crippen molar-refractivity contribution in [3.05, 3.63) is 63.5 Å². The van der Waals surface area contributed by atoms with Crippen LogP contribution in [-0.2, 0) is 0 Å². The van der Waals surface area contributed by atoms with Crippen molar-refractivity contribution in [1.82, 2.24) is 20.0 Å². The average molecular weight is 362 g/mol. The van der Waals surface area contributed by atoms with Crippen LogP contribution in [0.3, 0.4) is 0 Å². The molecule has 0 saturated heterocycles. The van der Waals surface area contributed by atoms with Crippen molar-refractivity contribution in [1.29, 1.82) is 0 Å². The standard InChI is InChI=1S/C13H8BrN5O3/c14-12-7-10(19(20)21)8-15-13(12)22-11-3-1-2-9(6-11)18-5-4-16-17-18/h1-8H. The first-order chi connectivity index (χ1) is 10.6. The van der Waals surface area contributed by atoms with Crippen LogP contribution in [0.2, 0.25) is 0 Å². The summed E-state index contributed by atoms with van der Waals surface area (Å²) in [6.45, 7) is 0. The Balaban J connectivity index is 1.87. The highest BCUT2D eigenvalue weighted by Crippen LogP contribution is 2.30. The third kappa shape index (κ3) is 2.93. The molecule has 2 heterocycles. The average Bonchev–Trinajstić information content (AvgIpc) is 3.04. The number of hydrogen-bond donors (Lipinski definition) is 0. The van der Waals surface area contributed by atoms with Crippen LogP contribution >= 0.6 is 15.9 Å². The molecular weight excluding hydrogens is 354 g/mol. The molecule has 0 unspecified atom stereocenters. The van der Waals surface area contributed by atoms with E-state index in [0.717, 1.165) is 11.9 Å². The molecule has 1 aromatic carbocycles. The van der Waals surface area contributed by atoms with Gasteiger partial charge in [0.15, 0.2) is 0 Å². The van der Waals surface area contributed by atoms with Crippen LogP contribution in [0.5, 0.6) is 11.6 Å². The van der Waals surface area contributed by atoms with E-state index in [0.29, 0.717) is 10.2 Å². The summed E-state index contributed by atoms with van der Waals surface area (Å²) in [4.78, 5) is 14.1. The molecule has 0 atom stereocenters. The fraction of sp³-hybridized carbons (Fsp3) is 0. The molecule has 2 aromatic heterocycles. The van der Waals surface area contributed by atoms with Crippen LogP contribution < -0.4 is 4.74 Å². The first kappa shape index (κ1) is 14.1. The molecule has 0 radical (unpaired) electrons. The van der Waals surface area contributed by atoms with E-state index >= 15 is 0 Å². The predicted molar refractivity (Wildman–Crippen MR) is 80.0 cm³/mol. The maximum absolute atomic E-state index is 10.7. The molecule has 0 fully saturated rings. The molecule has 3 rings (SSSR count). The number of nitrogens with zero attached hydrogens (tertiary/aromatic N) is 5. The molecule has 22 heavy (non-hydrogen) atoms. The van der Waals surface area contributed by atoms with E-state index in [2.05, 4.69) is 31.2 Å². The van der Waals surface area contributed by atoms with Gasteiger partial charge in [0.1, 0.15) is 11.9 Å². The number of rotatable bonds is 4. The lowest BCUT2D eigenvalue weighted by Crippen LogP contribution is -1.96. The second-order valence-electron chi connectivity index (χ2n) is 4.18. The molecule has 0 aliphatic carbocycles. The Hall–Kier alpha value is -2.81. The maximum Gasteiger partial charge on any atom is 0.288 e. The summed E-state index contributed by atoms with van der Waals surface area (Å²) in [7, 11) is 0. The van der Waals surface area contributed by atoms with Crippen molar-refractivity contribution < 1.29 is 9.66 Å². The third-order valence-corrected chi connectivity index (χ3v) is 3.29. The Labute approximate surface area is 132 Å². The Morgan fingerprint density at radius 1 is 1.32 bits per heavy atom. The zero-order valence-electron chi connectivity index (χ0n) is 11.0. The van der Waals surface area contributed by atoms with E-state index in [1.54, 1.807) is 35.3 Å². The largest absolute Gasteiger partial charge is 0.438 e. The molecule has 0 aliphatic rings. The number of halogens is 1. The second-order valence-corrected chi connectivity index (χ2v) is 5.04. The highest BCUT2D eigenvalue weighted by Gasteiger charge is 2.12. The van der Waals surface area contributed by atoms with Crippen LogP contribution in [0.4, 0.5) is 5.69 Å².